The molecule has 0 amide bonds. The third-order valence-corrected chi connectivity index (χ3v) is 5.01. The number of hydrogen-bond acceptors (Lipinski definition) is 4. The summed E-state index contributed by atoms with van der Waals surface area (Å²) < 4.78 is 0. The maximum absolute atomic E-state index is 12.2. The summed E-state index contributed by atoms with van der Waals surface area (Å²) in [5, 5.41) is 13.9. The Morgan fingerprint density at radius 3 is 2.61 bits per heavy atom. The van der Waals surface area contributed by atoms with Crippen LogP contribution >= 0.6 is 11.8 Å². The summed E-state index contributed by atoms with van der Waals surface area (Å²) in [5.41, 5.74) is 3.17. The molecule has 1 heterocycles. The standard InChI is InChI=1S/C19H22N2OS/c1-4-5-11-23-19-16(12-20)18(15-9-7-6-8-10-15)17(14(3)22)13(2)21-19/h6-10,18,21H,4-5,11H2,1-3H3/t18-/m1/s1. The van der Waals surface area contributed by atoms with Gasteiger partial charge < -0.3 is 5.32 Å². The number of hydrogen-bond donors (Lipinski definition) is 1. The van der Waals surface area contributed by atoms with Gasteiger partial charge in [0.1, 0.15) is 0 Å². The minimum absolute atomic E-state index is 0.00853. The van der Waals surface area contributed by atoms with Crippen molar-refractivity contribution in [3.63, 3.8) is 0 Å². The quantitative estimate of drug-likeness (QED) is 0.782. The molecule has 1 aliphatic heterocycles. The average Bonchev–Trinajstić information content (AvgIpc) is 2.55. The molecule has 0 fully saturated rings. The topological polar surface area (TPSA) is 52.9 Å². The first kappa shape index (κ1) is 17.4. The number of nitriles is 1. The van der Waals surface area contributed by atoms with Crippen LogP contribution in [0.4, 0.5) is 0 Å². The largest absolute Gasteiger partial charge is 0.353 e. The highest BCUT2D eigenvalue weighted by Gasteiger charge is 2.32. The van der Waals surface area contributed by atoms with E-state index in [1.165, 1.54) is 0 Å². The van der Waals surface area contributed by atoms with Crippen LogP contribution in [0, 0.1) is 11.3 Å². The van der Waals surface area contributed by atoms with Crippen LogP contribution in [0.25, 0.3) is 0 Å². The van der Waals surface area contributed by atoms with Crippen LogP contribution in [0.1, 0.15) is 45.1 Å². The molecule has 3 nitrogen and oxygen atoms in total. The number of benzene rings is 1. The SMILES string of the molecule is CCCCSC1=C(C#N)[C@@H](c2ccccc2)C(C(C)=O)=C(C)N1. The molecular formula is C19H22N2OS. The maximum Gasteiger partial charge on any atom is 0.158 e. The van der Waals surface area contributed by atoms with Gasteiger partial charge in [0.15, 0.2) is 5.78 Å². The number of nitrogens with zero attached hydrogens (tertiary/aromatic N) is 1. The van der Waals surface area contributed by atoms with Crippen molar-refractivity contribution in [1.82, 2.24) is 5.32 Å². The van der Waals surface area contributed by atoms with E-state index in [9.17, 15) is 10.1 Å². The van der Waals surface area contributed by atoms with Gasteiger partial charge in [-0.15, -0.1) is 11.8 Å². The van der Waals surface area contributed by atoms with Crippen LogP contribution in [0.3, 0.4) is 0 Å². The lowest BCUT2D eigenvalue weighted by molar-refractivity contribution is -0.113. The minimum atomic E-state index is -0.274. The number of nitrogens with one attached hydrogen (secondary N) is 1. The van der Waals surface area contributed by atoms with E-state index in [1.807, 2.05) is 37.3 Å². The van der Waals surface area contributed by atoms with E-state index in [0.29, 0.717) is 11.1 Å². The van der Waals surface area contributed by atoms with Crippen LogP contribution in [0.5, 0.6) is 0 Å². The van der Waals surface area contributed by atoms with Crippen molar-refractivity contribution in [2.75, 3.05) is 5.75 Å². The Morgan fingerprint density at radius 2 is 2.04 bits per heavy atom. The number of ketones is 1. The van der Waals surface area contributed by atoms with Crippen LogP contribution in [-0.4, -0.2) is 11.5 Å². The van der Waals surface area contributed by atoms with Gasteiger partial charge in [0, 0.05) is 11.3 Å². The van der Waals surface area contributed by atoms with Gasteiger partial charge in [0.25, 0.3) is 0 Å². The summed E-state index contributed by atoms with van der Waals surface area (Å²) >= 11 is 1.67. The van der Waals surface area contributed by atoms with E-state index in [4.69, 9.17) is 0 Å². The summed E-state index contributed by atoms with van der Waals surface area (Å²) in [5.74, 6) is 0.701. The van der Waals surface area contributed by atoms with E-state index < -0.39 is 0 Å². The highest BCUT2D eigenvalue weighted by molar-refractivity contribution is 8.03. The molecule has 4 heteroatoms. The van der Waals surface area contributed by atoms with Crippen LogP contribution in [0.15, 0.2) is 52.2 Å². The van der Waals surface area contributed by atoms with Crippen molar-refractivity contribution in [2.24, 2.45) is 0 Å². The van der Waals surface area contributed by atoms with Crippen molar-refractivity contribution in [3.05, 3.63) is 57.8 Å². The maximum atomic E-state index is 12.2. The first-order valence-corrected chi connectivity index (χ1v) is 8.89. The molecule has 23 heavy (non-hydrogen) atoms. The lowest BCUT2D eigenvalue weighted by Crippen LogP contribution is -2.27. The molecule has 2 rings (SSSR count). The first-order chi connectivity index (χ1) is 11.1. The zero-order chi connectivity index (χ0) is 16.8. The van der Waals surface area contributed by atoms with Crippen molar-refractivity contribution in [2.45, 2.75) is 39.5 Å². The van der Waals surface area contributed by atoms with Crippen molar-refractivity contribution in [1.29, 1.82) is 5.26 Å². The van der Waals surface area contributed by atoms with Gasteiger partial charge in [-0.3, -0.25) is 4.79 Å². The molecular weight excluding hydrogens is 304 g/mol. The summed E-state index contributed by atoms with van der Waals surface area (Å²) in [7, 11) is 0. The van der Waals surface area contributed by atoms with Crippen LogP contribution in [0.2, 0.25) is 0 Å². The van der Waals surface area contributed by atoms with Gasteiger partial charge in [0.05, 0.1) is 22.6 Å². The molecule has 1 aromatic rings. The highest BCUT2D eigenvalue weighted by atomic mass is 32.2. The molecule has 1 aromatic carbocycles. The van der Waals surface area contributed by atoms with Gasteiger partial charge in [0.2, 0.25) is 0 Å². The fraction of sp³-hybridized carbons (Fsp3) is 0.368. The summed E-state index contributed by atoms with van der Waals surface area (Å²) in [6, 6.07) is 12.2. The molecule has 0 aromatic heterocycles. The number of rotatable bonds is 6. The van der Waals surface area contributed by atoms with Crippen molar-refractivity contribution in [3.8, 4) is 6.07 Å². The molecule has 1 atom stereocenters. The van der Waals surface area contributed by atoms with E-state index in [0.717, 1.165) is 34.9 Å². The van der Waals surface area contributed by atoms with Gasteiger partial charge in [-0.25, -0.2) is 0 Å². The molecule has 120 valence electrons. The van der Waals surface area contributed by atoms with Crippen molar-refractivity contribution < 1.29 is 4.79 Å². The van der Waals surface area contributed by atoms with Crippen molar-refractivity contribution >= 4 is 17.5 Å². The number of dihydropyridines is 1. The monoisotopic (exact) mass is 326 g/mol. The number of carbonyl (C=O) groups is 1. The average molecular weight is 326 g/mol. The predicted octanol–water partition coefficient (Wildman–Crippen LogP) is 4.50. The lowest BCUT2D eigenvalue weighted by Gasteiger charge is -2.29. The second kappa shape index (κ2) is 8.03. The normalized spacial score (nSPS) is 17.7. The van der Waals surface area contributed by atoms with Gasteiger partial charge >= 0.3 is 0 Å². The highest BCUT2D eigenvalue weighted by Crippen LogP contribution is 2.40. The Morgan fingerprint density at radius 1 is 1.35 bits per heavy atom. The fourth-order valence-corrected chi connectivity index (χ4v) is 3.97. The van der Waals surface area contributed by atoms with E-state index >= 15 is 0 Å². The molecule has 0 bridgehead atoms. The molecule has 0 unspecified atom stereocenters. The van der Waals surface area contributed by atoms with Gasteiger partial charge in [-0.1, -0.05) is 43.7 Å². The Labute approximate surface area is 142 Å². The van der Waals surface area contributed by atoms with E-state index in [-0.39, 0.29) is 11.7 Å². The summed E-state index contributed by atoms with van der Waals surface area (Å²) in [4.78, 5) is 12.2. The molecule has 0 saturated carbocycles. The number of Topliss-reactive ketones (excluding diaryl/α,β-unsaturated/α-hetero) is 1. The summed E-state index contributed by atoms with van der Waals surface area (Å²) in [6.45, 7) is 5.64. The third kappa shape index (κ3) is 3.86. The molecule has 0 saturated heterocycles. The van der Waals surface area contributed by atoms with E-state index in [2.05, 4.69) is 18.3 Å². The molecule has 0 spiro atoms. The smallest absolute Gasteiger partial charge is 0.158 e. The molecule has 1 N–H and O–H groups in total. The van der Waals surface area contributed by atoms with Gasteiger partial charge in [-0.05, 0) is 31.6 Å². The zero-order valence-corrected chi connectivity index (χ0v) is 14.7. The van der Waals surface area contributed by atoms with Gasteiger partial charge in [-0.2, -0.15) is 5.26 Å². The first-order valence-electron chi connectivity index (χ1n) is 7.90. The Hall–Kier alpha value is -1.99. The molecule has 1 aliphatic rings. The number of unbranched alkanes of at least 4 members (excludes halogenated alkanes) is 1. The molecule has 0 aliphatic carbocycles. The number of allylic oxidation sites excluding steroid dienone is 3. The number of carbonyl (C=O) groups excluding carboxylic acids is 1. The lowest BCUT2D eigenvalue weighted by atomic mass is 9.81. The third-order valence-electron chi connectivity index (χ3n) is 3.90. The Balaban J connectivity index is 2.50. The Kier molecular flexibility index (Phi) is 6.06. The second-order valence-electron chi connectivity index (χ2n) is 5.62. The minimum Gasteiger partial charge on any atom is -0.353 e. The second-order valence-corrected chi connectivity index (χ2v) is 6.73. The molecule has 0 radical (unpaired) electrons. The van der Waals surface area contributed by atoms with Crippen LogP contribution < -0.4 is 5.32 Å². The fourth-order valence-electron chi connectivity index (χ4n) is 2.79. The Bertz CT molecular complexity index is 683. The zero-order valence-electron chi connectivity index (χ0n) is 13.8. The summed E-state index contributed by atoms with van der Waals surface area (Å²) in [6.07, 6.45) is 2.23. The predicted molar refractivity (Wildman–Crippen MR) is 95.7 cm³/mol. The van der Waals surface area contributed by atoms with Crippen LogP contribution in [-0.2, 0) is 4.79 Å². The van der Waals surface area contributed by atoms with E-state index in [1.54, 1.807) is 18.7 Å². The number of thioether (sulfide) groups is 1.